The molecule has 0 amide bonds. The first-order chi connectivity index (χ1) is 8.31. The minimum Gasteiger partial charge on any atom is -0.304 e. The summed E-state index contributed by atoms with van der Waals surface area (Å²) >= 11 is 0. The number of rotatable bonds is 4. The van der Waals surface area contributed by atoms with Crippen LogP contribution in [0.1, 0.15) is 24.4 Å². The van der Waals surface area contributed by atoms with Gasteiger partial charge in [0.15, 0.2) is 0 Å². The summed E-state index contributed by atoms with van der Waals surface area (Å²) < 4.78 is 12.8. The van der Waals surface area contributed by atoms with Crippen LogP contribution in [-0.2, 0) is 0 Å². The van der Waals surface area contributed by atoms with Crippen LogP contribution in [0, 0.1) is 5.82 Å². The Morgan fingerprint density at radius 1 is 1.18 bits per heavy atom. The predicted molar refractivity (Wildman–Crippen MR) is 61.7 cm³/mol. The minimum absolute atomic E-state index is 0.158. The smallest absolute Gasteiger partial charge is 0.141 e. The van der Waals surface area contributed by atoms with E-state index in [1.54, 1.807) is 24.7 Å². The van der Waals surface area contributed by atoms with E-state index >= 15 is 0 Å². The number of aromatic nitrogens is 3. The molecular formula is C12H13FN4. The molecule has 2 aromatic rings. The van der Waals surface area contributed by atoms with Gasteiger partial charge in [-0.05, 0) is 18.7 Å². The highest BCUT2D eigenvalue weighted by Crippen LogP contribution is 2.17. The molecule has 5 heteroatoms. The van der Waals surface area contributed by atoms with Crippen molar-refractivity contribution < 1.29 is 4.39 Å². The molecule has 2 rings (SSSR count). The van der Waals surface area contributed by atoms with E-state index in [2.05, 4.69) is 20.3 Å². The molecule has 17 heavy (non-hydrogen) atoms. The minimum atomic E-state index is -0.344. The zero-order valence-electron chi connectivity index (χ0n) is 9.47. The lowest BCUT2D eigenvalue weighted by atomic mass is 10.1. The maximum absolute atomic E-state index is 12.8. The van der Waals surface area contributed by atoms with E-state index in [-0.39, 0.29) is 11.9 Å². The molecule has 88 valence electrons. The normalized spacial score (nSPS) is 12.4. The summed E-state index contributed by atoms with van der Waals surface area (Å²) in [6, 6.07) is 2.88. The molecule has 2 heterocycles. The fourth-order valence-electron chi connectivity index (χ4n) is 1.58. The maximum atomic E-state index is 12.8. The Morgan fingerprint density at radius 3 is 2.65 bits per heavy atom. The quantitative estimate of drug-likeness (QED) is 0.871. The molecule has 0 aliphatic rings. The van der Waals surface area contributed by atoms with Crippen molar-refractivity contribution in [2.24, 2.45) is 0 Å². The summed E-state index contributed by atoms with van der Waals surface area (Å²) in [6.45, 7) is 2.76. The van der Waals surface area contributed by atoms with E-state index in [1.165, 1.54) is 12.3 Å². The van der Waals surface area contributed by atoms with Gasteiger partial charge in [-0.15, -0.1) is 0 Å². The van der Waals surface area contributed by atoms with Gasteiger partial charge in [0.25, 0.3) is 0 Å². The van der Waals surface area contributed by atoms with E-state index in [4.69, 9.17) is 0 Å². The summed E-state index contributed by atoms with van der Waals surface area (Å²) in [6.07, 6.45) is 6.13. The van der Waals surface area contributed by atoms with E-state index in [9.17, 15) is 4.39 Å². The van der Waals surface area contributed by atoms with Gasteiger partial charge in [-0.1, -0.05) is 6.92 Å². The van der Waals surface area contributed by atoms with Gasteiger partial charge in [-0.2, -0.15) is 0 Å². The fourth-order valence-corrected chi connectivity index (χ4v) is 1.58. The van der Waals surface area contributed by atoms with Gasteiger partial charge in [0.1, 0.15) is 5.82 Å². The molecule has 1 atom stereocenters. The molecule has 4 nitrogen and oxygen atoms in total. The Balaban J connectivity index is 2.32. The molecule has 0 bridgehead atoms. The van der Waals surface area contributed by atoms with Gasteiger partial charge in [0.2, 0.25) is 0 Å². The molecule has 0 radical (unpaired) electrons. The summed E-state index contributed by atoms with van der Waals surface area (Å²) in [7, 11) is 0. The van der Waals surface area contributed by atoms with Crippen LogP contribution in [0.5, 0.6) is 0 Å². The molecule has 1 N–H and O–H groups in total. The maximum Gasteiger partial charge on any atom is 0.141 e. The van der Waals surface area contributed by atoms with Crippen LogP contribution in [0.3, 0.4) is 0 Å². The lowest BCUT2D eigenvalue weighted by molar-refractivity contribution is 0.584. The second-order valence-corrected chi connectivity index (χ2v) is 3.52. The van der Waals surface area contributed by atoms with Gasteiger partial charge in [-0.3, -0.25) is 15.0 Å². The third-order valence-corrected chi connectivity index (χ3v) is 2.33. The van der Waals surface area contributed by atoms with Crippen molar-refractivity contribution in [3.8, 4) is 0 Å². The Kier molecular flexibility index (Phi) is 3.72. The molecule has 2 aromatic heterocycles. The average Bonchev–Trinajstić information content (AvgIpc) is 2.38. The molecule has 0 saturated carbocycles. The van der Waals surface area contributed by atoms with E-state index < -0.39 is 0 Å². The van der Waals surface area contributed by atoms with E-state index in [0.29, 0.717) is 0 Å². The van der Waals surface area contributed by atoms with Gasteiger partial charge in [-0.25, -0.2) is 4.39 Å². The highest BCUT2D eigenvalue weighted by atomic mass is 19.1. The van der Waals surface area contributed by atoms with E-state index in [1.807, 2.05) is 6.92 Å². The summed E-state index contributed by atoms with van der Waals surface area (Å²) in [5.41, 5.74) is 1.50. The van der Waals surface area contributed by atoms with Gasteiger partial charge >= 0.3 is 0 Å². The molecule has 0 aromatic carbocycles. The summed E-state index contributed by atoms with van der Waals surface area (Å²) in [5.74, 6) is -0.344. The first kappa shape index (κ1) is 11.6. The largest absolute Gasteiger partial charge is 0.304 e. The van der Waals surface area contributed by atoms with Crippen LogP contribution in [-0.4, -0.2) is 21.5 Å². The first-order valence-corrected chi connectivity index (χ1v) is 5.42. The molecule has 0 saturated heterocycles. The Bertz CT molecular complexity index is 458. The molecule has 0 spiro atoms. The first-order valence-electron chi connectivity index (χ1n) is 5.42. The Labute approximate surface area is 99.0 Å². The number of halogens is 1. The van der Waals surface area contributed by atoms with Crippen LogP contribution in [0.2, 0.25) is 0 Å². The zero-order chi connectivity index (χ0) is 12.1. The van der Waals surface area contributed by atoms with Crippen molar-refractivity contribution in [2.75, 3.05) is 6.54 Å². The zero-order valence-corrected chi connectivity index (χ0v) is 9.47. The number of hydrogen-bond donors (Lipinski definition) is 1. The monoisotopic (exact) mass is 232 g/mol. The van der Waals surface area contributed by atoms with Crippen molar-refractivity contribution in [1.29, 1.82) is 0 Å². The highest BCUT2D eigenvalue weighted by Gasteiger charge is 2.15. The molecule has 0 fully saturated rings. The highest BCUT2D eigenvalue weighted by molar-refractivity contribution is 5.20. The van der Waals surface area contributed by atoms with Gasteiger partial charge in [0, 0.05) is 12.4 Å². The third kappa shape index (κ3) is 2.82. The number of pyridine rings is 1. The molecule has 1 unspecified atom stereocenters. The van der Waals surface area contributed by atoms with Gasteiger partial charge < -0.3 is 5.32 Å². The number of nitrogens with zero attached hydrogens (tertiary/aromatic N) is 3. The van der Waals surface area contributed by atoms with Crippen molar-refractivity contribution in [2.45, 2.75) is 13.0 Å². The topological polar surface area (TPSA) is 50.7 Å². The van der Waals surface area contributed by atoms with Gasteiger partial charge in [0.05, 0.1) is 29.8 Å². The molecule has 0 aliphatic carbocycles. The van der Waals surface area contributed by atoms with Crippen molar-refractivity contribution in [3.63, 3.8) is 0 Å². The third-order valence-electron chi connectivity index (χ3n) is 2.33. The average molecular weight is 232 g/mol. The van der Waals surface area contributed by atoms with E-state index in [0.717, 1.165) is 17.9 Å². The summed E-state index contributed by atoms with van der Waals surface area (Å²) in [4.78, 5) is 12.3. The van der Waals surface area contributed by atoms with Crippen LogP contribution in [0.15, 0.2) is 36.9 Å². The van der Waals surface area contributed by atoms with Crippen LogP contribution >= 0.6 is 0 Å². The van der Waals surface area contributed by atoms with Crippen LogP contribution in [0.25, 0.3) is 0 Å². The second-order valence-electron chi connectivity index (χ2n) is 3.52. The Hall–Kier alpha value is -1.88. The lowest BCUT2D eigenvalue weighted by Gasteiger charge is -2.16. The number of hydrogen-bond acceptors (Lipinski definition) is 4. The number of nitrogens with one attached hydrogen (secondary N) is 1. The standard InChI is InChI=1S/C12H13FN4/c1-2-15-12(11-8-14-5-6-16-11)10-4-3-9(13)7-17-10/h3-8,12,15H,2H2,1H3. The van der Waals surface area contributed by atoms with Crippen molar-refractivity contribution in [3.05, 3.63) is 54.1 Å². The fraction of sp³-hybridized carbons (Fsp3) is 0.250. The van der Waals surface area contributed by atoms with Crippen molar-refractivity contribution in [1.82, 2.24) is 20.3 Å². The Morgan fingerprint density at radius 2 is 2.06 bits per heavy atom. The van der Waals surface area contributed by atoms with Crippen LogP contribution in [0.4, 0.5) is 4.39 Å². The molecule has 0 aliphatic heterocycles. The summed E-state index contributed by atoms with van der Waals surface area (Å²) in [5, 5.41) is 3.25. The van der Waals surface area contributed by atoms with Crippen LogP contribution < -0.4 is 5.32 Å². The molecular weight excluding hydrogens is 219 g/mol. The second kappa shape index (κ2) is 5.45. The lowest BCUT2D eigenvalue weighted by Crippen LogP contribution is -2.24. The predicted octanol–water partition coefficient (Wildman–Crippen LogP) is 1.71. The SMILES string of the molecule is CCNC(c1ccc(F)cn1)c1cnccn1. The van der Waals surface area contributed by atoms with Crippen molar-refractivity contribution >= 4 is 0 Å².